The van der Waals surface area contributed by atoms with Gasteiger partial charge in [0.1, 0.15) is 0 Å². The number of aliphatic hydroxyl groups is 1. The van der Waals surface area contributed by atoms with Gasteiger partial charge < -0.3 is 10.8 Å². The smallest absolute Gasteiger partial charge is 0.216 e. The average Bonchev–Trinajstić information content (AvgIpc) is 2.47. The van der Waals surface area contributed by atoms with Crippen molar-refractivity contribution >= 4 is 17.7 Å². The highest BCUT2D eigenvalue weighted by Crippen LogP contribution is 2.14. The number of aromatic amines is 1. The van der Waals surface area contributed by atoms with E-state index in [1.54, 1.807) is 0 Å². The zero-order valence-corrected chi connectivity index (χ0v) is 7.64. The van der Waals surface area contributed by atoms with Gasteiger partial charge in [-0.15, -0.1) is 5.10 Å². The second-order valence-corrected chi connectivity index (χ2v) is 3.36. The van der Waals surface area contributed by atoms with E-state index in [9.17, 15) is 5.11 Å². The van der Waals surface area contributed by atoms with Crippen molar-refractivity contribution in [2.24, 2.45) is 0 Å². The number of nitrogens with zero attached hydrogens (tertiary/aromatic N) is 2. The minimum atomic E-state index is -0.297. The van der Waals surface area contributed by atoms with Gasteiger partial charge in [0.25, 0.3) is 0 Å². The van der Waals surface area contributed by atoms with Gasteiger partial charge in [-0.2, -0.15) is 4.98 Å². The van der Waals surface area contributed by atoms with Gasteiger partial charge in [0.2, 0.25) is 11.1 Å². The van der Waals surface area contributed by atoms with Crippen molar-refractivity contribution in [2.45, 2.75) is 24.6 Å². The maximum Gasteiger partial charge on any atom is 0.216 e. The number of H-pyrrole nitrogens is 1. The maximum absolute atomic E-state index is 9.21. The van der Waals surface area contributed by atoms with E-state index in [4.69, 9.17) is 5.73 Å². The van der Waals surface area contributed by atoms with Gasteiger partial charge in [-0.25, -0.2) is 5.10 Å². The van der Waals surface area contributed by atoms with E-state index in [0.29, 0.717) is 16.9 Å². The van der Waals surface area contributed by atoms with E-state index in [1.165, 1.54) is 11.8 Å². The van der Waals surface area contributed by atoms with Crippen LogP contribution in [0.2, 0.25) is 0 Å². The quantitative estimate of drug-likeness (QED) is 0.589. The van der Waals surface area contributed by atoms with Crippen LogP contribution < -0.4 is 5.73 Å². The lowest BCUT2D eigenvalue weighted by molar-refractivity contribution is 0.195. The highest BCUT2D eigenvalue weighted by molar-refractivity contribution is 7.99. The van der Waals surface area contributed by atoms with Gasteiger partial charge >= 0.3 is 0 Å². The second kappa shape index (κ2) is 4.32. The van der Waals surface area contributed by atoms with Gasteiger partial charge in [0, 0.05) is 5.75 Å². The van der Waals surface area contributed by atoms with Crippen LogP contribution in [-0.2, 0) is 0 Å². The van der Waals surface area contributed by atoms with Crippen LogP contribution in [0.3, 0.4) is 0 Å². The molecular weight excluding hydrogens is 176 g/mol. The van der Waals surface area contributed by atoms with Crippen LogP contribution >= 0.6 is 11.8 Å². The topological polar surface area (TPSA) is 87.8 Å². The Labute approximate surface area is 74.8 Å². The summed E-state index contributed by atoms with van der Waals surface area (Å²) in [6.07, 6.45) is 0.446. The van der Waals surface area contributed by atoms with Crippen LogP contribution in [0.15, 0.2) is 5.16 Å². The van der Waals surface area contributed by atoms with E-state index in [-0.39, 0.29) is 6.10 Å². The lowest BCUT2D eigenvalue weighted by atomic mass is 10.3. The Balaban J connectivity index is 2.33. The van der Waals surface area contributed by atoms with Crippen molar-refractivity contribution < 1.29 is 5.11 Å². The minimum Gasteiger partial charge on any atom is -0.392 e. The van der Waals surface area contributed by atoms with Crippen LogP contribution in [0.1, 0.15) is 13.3 Å². The summed E-state index contributed by atoms with van der Waals surface area (Å²) in [6.45, 7) is 1.93. The number of nitrogens with two attached hydrogens (primary N) is 1. The number of anilines is 1. The molecule has 0 aliphatic rings. The Bertz CT molecular complexity index is 239. The summed E-state index contributed by atoms with van der Waals surface area (Å²) in [7, 11) is 0. The third-order valence-corrected chi connectivity index (χ3v) is 2.35. The molecule has 0 saturated carbocycles. The van der Waals surface area contributed by atoms with Gasteiger partial charge in [0.05, 0.1) is 6.10 Å². The fourth-order valence-electron chi connectivity index (χ4n) is 0.611. The SMILES string of the molecule is CCC(O)CSc1n[nH]c(N)n1. The third kappa shape index (κ3) is 2.71. The summed E-state index contributed by atoms with van der Waals surface area (Å²) in [6, 6.07) is 0. The van der Waals surface area contributed by atoms with Gasteiger partial charge in [-0.3, -0.25) is 0 Å². The molecule has 1 rings (SSSR count). The zero-order valence-electron chi connectivity index (χ0n) is 6.82. The molecule has 0 aliphatic heterocycles. The molecule has 0 saturated heterocycles. The average molecular weight is 188 g/mol. The summed E-state index contributed by atoms with van der Waals surface area (Å²) >= 11 is 1.39. The normalized spacial score (nSPS) is 13.2. The number of hydrogen-bond donors (Lipinski definition) is 3. The van der Waals surface area contributed by atoms with Crippen molar-refractivity contribution in [2.75, 3.05) is 11.5 Å². The fourth-order valence-corrected chi connectivity index (χ4v) is 1.46. The first-order chi connectivity index (χ1) is 5.72. The summed E-state index contributed by atoms with van der Waals surface area (Å²) in [4.78, 5) is 3.88. The first-order valence-electron chi connectivity index (χ1n) is 3.71. The molecular formula is C6H12N4OS. The number of nitrogen functional groups attached to an aromatic ring is 1. The number of hydrogen-bond acceptors (Lipinski definition) is 5. The van der Waals surface area contributed by atoms with Gasteiger partial charge in [-0.05, 0) is 6.42 Å². The van der Waals surface area contributed by atoms with Crippen LogP contribution in [0, 0.1) is 0 Å². The Morgan fingerprint density at radius 1 is 1.75 bits per heavy atom. The van der Waals surface area contributed by atoms with Gasteiger partial charge in [-0.1, -0.05) is 18.7 Å². The minimum absolute atomic E-state index is 0.297. The molecule has 68 valence electrons. The number of aromatic nitrogens is 3. The summed E-state index contributed by atoms with van der Waals surface area (Å²) in [5.74, 6) is 0.914. The molecule has 1 heterocycles. The fraction of sp³-hybridized carbons (Fsp3) is 0.667. The molecule has 1 aromatic heterocycles. The molecule has 1 atom stereocenters. The van der Waals surface area contributed by atoms with Crippen LogP contribution in [-0.4, -0.2) is 32.1 Å². The van der Waals surface area contributed by atoms with Crippen molar-refractivity contribution in [3.63, 3.8) is 0 Å². The highest BCUT2D eigenvalue weighted by atomic mass is 32.2. The summed E-state index contributed by atoms with van der Waals surface area (Å²) in [5, 5.41) is 16.1. The molecule has 0 aliphatic carbocycles. The summed E-state index contributed by atoms with van der Waals surface area (Å²) < 4.78 is 0. The first-order valence-corrected chi connectivity index (χ1v) is 4.69. The molecule has 0 bridgehead atoms. The highest BCUT2D eigenvalue weighted by Gasteiger charge is 2.05. The van der Waals surface area contributed by atoms with E-state index in [2.05, 4.69) is 15.2 Å². The molecule has 1 aromatic rings. The van der Waals surface area contributed by atoms with E-state index in [0.717, 1.165) is 6.42 Å². The van der Waals surface area contributed by atoms with E-state index in [1.807, 2.05) is 6.92 Å². The number of rotatable bonds is 4. The van der Waals surface area contributed by atoms with E-state index >= 15 is 0 Å². The maximum atomic E-state index is 9.21. The Hall–Kier alpha value is -0.750. The molecule has 0 fully saturated rings. The monoisotopic (exact) mass is 188 g/mol. The molecule has 5 nitrogen and oxygen atoms in total. The molecule has 0 spiro atoms. The van der Waals surface area contributed by atoms with Crippen molar-refractivity contribution in [3.05, 3.63) is 0 Å². The summed E-state index contributed by atoms with van der Waals surface area (Å²) in [5.41, 5.74) is 5.31. The lowest BCUT2D eigenvalue weighted by Gasteiger charge is -2.03. The van der Waals surface area contributed by atoms with Crippen molar-refractivity contribution in [3.8, 4) is 0 Å². The lowest BCUT2D eigenvalue weighted by Crippen LogP contribution is -2.07. The molecule has 6 heteroatoms. The Morgan fingerprint density at radius 3 is 3.00 bits per heavy atom. The van der Waals surface area contributed by atoms with Crippen LogP contribution in [0.5, 0.6) is 0 Å². The van der Waals surface area contributed by atoms with Crippen LogP contribution in [0.4, 0.5) is 5.95 Å². The molecule has 12 heavy (non-hydrogen) atoms. The molecule has 0 radical (unpaired) electrons. The number of aliphatic hydroxyl groups excluding tert-OH is 1. The standard InChI is InChI=1S/C6H12N4OS/c1-2-4(11)3-12-6-8-5(7)9-10-6/h4,11H,2-3H2,1H3,(H3,7,8,9,10). The number of thioether (sulfide) groups is 1. The van der Waals surface area contributed by atoms with Crippen molar-refractivity contribution in [1.82, 2.24) is 15.2 Å². The molecule has 0 aromatic carbocycles. The predicted molar refractivity (Wildman–Crippen MR) is 47.8 cm³/mol. The zero-order chi connectivity index (χ0) is 8.97. The first kappa shape index (κ1) is 9.34. The van der Waals surface area contributed by atoms with Crippen molar-refractivity contribution in [1.29, 1.82) is 0 Å². The number of nitrogens with one attached hydrogen (secondary N) is 1. The molecule has 4 N–H and O–H groups in total. The predicted octanol–water partition coefficient (Wildman–Crippen LogP) is 0.250. The largest absolute Gasteiger partial charge is 0.392 e. The Kier molecular flexibility index (Phi) is 3.36. The molecule has 0 amide bonds. The second-order valence-electron chi connectivity index (χ2n) is 2.38. The Morgan fingerprint density at radius 2 is 2.50 bits per heavy atom. The third-order valence-electron chi connectivity index (χ3n) is 1.36. The molecule has 1 unspecified atom stereocenters. The van der Waals surface area contributed by atoms with E-state index < -0.39 is 0 Å². The van der Waals surface area contributed by atoms with Crippen LogP contribution in [0.25, 0.3) is 0 Å². The van der Waals surface area contributed by atoms with Gasteiger partial charge in [0.15, 0.2) is 0 Å².